The number of ether oxygens (including phenoxy) is 2. The van der Waals surface area contributed by atoms with Crippen LogP contribution in [0.5, 0.6) is 11.5 Å². The molecule has 1 aromatic heterocycles. The molecule has 0 atom stereocenters. The predicted molar refractivity (Wildman–Crippen MR) is 105 cm³/mol. The molecule has 2 aliphatic heterocycles. The maximum atomic E-state index is 12.3. The normalized spacial score (nSPS) is 16.6. The summed E-state index contributed by atoms with van der Waals surface area (Å²) < 4.78 is 11.1. The Balaban J connectivity index is 1.17. The van der Waals surface area contributed by atoms with Gasteiger partial charge in [-0.15, -0.1) is 0 Å². The fourth-order valence-corrected chi connectivity index (χ4v) is 3.44. The molecular formula is C20H25N5O3. The van der Waals surface area contributed by atoms with Crippen LogP contribution >= 0.6 is 0 Å². The van der Waals surface area contributed by atoms with Crippen molar-refractivity contribution in [3.63, 3.8) is 0 Å². The van der Waals surface area contributed by atoms with E-state index in [4.69, 9.17) is 9.47 Å². The predicted octanol–water partition coefficient (Wildman–Crippen LogP) is 0.729. The molecule has 1 fully saturated rings. The van der Waals surface area contributed by atoms with E-state index >= 15 is 0 Å². The molecule has 0 aliphatic carbocycles. The molecule has 0 bridgehead atoms. The molecule has 1 amide bonds. The Morgan fingerprint density at radius 3 is 2.68 bits per heavy atom. The molecule has 0 radical (unpaired) electrons. The van der Waals surface area contributed by atoms with E-state index < -0.39 is 0 Å². The molecule has 1 saturated heterocycles. The number of piperazine rings is 1. The second kappa shape index (κ2) is 8.88. The topological polar surface area (TPSA) is 79.8 Å². The minimum absolute atomic E-state index is 0.0606. The number of fused-ring (bicyclic) bond motifs is 1. The van der Waals surface area contributed by atoms with Gasteiger partial charge in [0.25, 0.3) is 0 Å². The number of rotatable bonds is 6. The first kappa shape index (κ1) is 18.5. The first-order valence-electron chi connectivity index (χ1n) is 9.66. The molecule has 3 heterocycles. The minimum Gasteiger partial charge on any atom is -0.486 e. The zero-order valence-electron chi connectivity index (χ0n) is 15.8. The molecule has 0 spiro atoms. The fraction of sp³-hybridized carbons (Fsp3) is 0.450. The summed E-state index contributed by atoms with van der Waals surface area (Å²) in [6.45, 7) is 5.59. The molecule has 0 saturated carbocycles. The minimum atomic E-state index is 0.0606. The summed E-state index contributed by atoms with van der Waals surface area (Å²) >= 11 is 0. The summed E-state index contributed by atoms with van der Waals surface area (Å²) in [5.41, 5.74) is 1.13. The molecular weight excluding hydrogens is 358 g/mol. The molecule has 1 aromatic carbocycles. The number of nitrogens with zero attached hydrogens (tertiary/aromatic N) is 4. The highest BCUT2D eigenvalue weighted by atomic mass is 16.6. The van der Waals surface area contributed by atoms with Crippen LogP contribution in [0.1, 0.15) is 5.56 Å². The number of carbonyl (C=O) groups is 1. The summed E-state index contributed by atoms with van der Waals surface area (Å²) in [5.74, 6) is 2.53. The molecule has 2 aliphatic rings. The van der Waals surface area contributed by atoms with Crippen LogP contribution < -0.4 is 19.7 Å². The van der Waals surface area contributed by atoms with E-state index in [1.165, 1.54) is 0 Å². The van der Waals surface area contributed by atoms with Gasteiger partial charge in [-0.25, -0.2) is 4.98 Å². The Labute approximate surface area is 164 Å². The first-order chi connectivity index (χ1) is 13.8. The van der Waals surface area contributed by atoms with Gasteiger partial charge in [0.1, 0.15) is 19.0 Å². The maximum absolute atomic E-state index is 12.3. The molecule has 148 valence electrons. The summed E-state index contributed by atoms with van der Waals surface area (Å²) in [6, 6.07) is 5.94. The molecule has 2 aromatic rings. The van der Waals surface area contributed by atoms with Gasteiger partial charge in [0.15, 0.2) is 11.5 Å². The summed E-state index contributed by atoms with van der Waals surface area (Å²) in [4.78, 5) is 25.1. The molecule has 8 nitrogen and oxygen atoms in total. The van der Waals surface area contributed by atoms with Gasteiger partial charge < -0.3 is 19.7 Å². The highest BCUT2D eigenvalue weighted by Crippen LogP contribution is 2.30. The van der Waals surface area contributed by atoms with Crippen LogP contribution in [0.25, 0.3) is 0 Å². The Morgan fingerprint density at radius 2 is 1.89 bits per heavy atom. The van der Waals surface area contributed by atoms with Crippen molar-refractivity contribution in [2.75, 3.05) is 57.4 Å². The number of nitrogens with one attached hydrogen (secondary N) is 1. The zero-order chi connectivity index (χ0) is 19.2. The lowest BCUT2D eigenvalue weighted by Gasteiger charge is -2.34. The first-order valence-corrected chi connectivity index (χ1v) is 9.66. The van der Waals surface area contributed by atoms with E-state index in [-0.39, 0.29) is 5.91 Å². The zero-order valence-corrected chi connectivity index (χ0v) is 15.8. The maximum Gasteiger partial charge on any atom is 0.234 e. The Bertz CT molecular complexity index is 794. The van der Waals surface area contributed by atoms with Crippen molar-refractivity contribution in [1.82, 2.24) is 20.2 Å². The Morgan fingerprint density at radius 1 is 1.07 bits per heavy atom. The third-order valence-electron chi connectivity index (χ3n) is 4.96. The van der Waals surface area contributed by atoms with Crippen LogP contribution in [0.3, 0.4) is 0 Å². The van der Waals surface area contributed by atoms with Crippen molar-refractivity contribution in [1.29, 1.82) is 0 Å². The highest BCUT2D eigenvalue weighted by Gasteiger charge is 2.20. The van der Waals surface area contributed by atoms with Crippen molar-refractivity contribution in [2.45, 2.75) is 6.42 Å². The third kappa shape index (κ3) is 4.69. The molecule has 28 heavy (non-hydrogen) atoms. The van der Waals surface area contributed by atoms with Crippen molar-refractivity contribution in [3.05, 3.63) is 42.4 Å². The molecule has 4 rings (SSSR count). The van der Waals surface area contributed by atoms with Crippen molar-refractivity contribution in [3.8, 4) is 11.5 Å². The lowest BCUT2D eigenvalue weighted by atomic mass is 10.1. The van der Waals surface area contributed by atoms with Gasteiger partial charge in [0.2, 0.25) is 5.91 Å². The van der Waals surface area contributed by atoms with Crippen molar-refractivity contribution < 1.29 is 14.3 Å². The van der Waals surface area contributed by atoms with Gasteiger partial charge in [-0.2, -0.15) is 0 Å². The third-order valence-corrected chi connectivity index (χ3v) is 4.96. The van der Waals surface area contributed by atoms with Crippen LogP contribution in [0.2, 0.25) is 0 Å². The standard InChI is InChI=1S/C20H25N5O3/c26-20(15-24-7-9-25(10-8-24)19-14-21-5-6-22-19)23-4-3-16-1-2-17-18(13-16)28-12-11-27-17/h1-2,5-6,13-14H,3-4,7-12,15H2,(H,23,26). The average Bonchev–Trinajstić information content (AvgIpc) is 2.75. The highest BCUT2D eigenvalue weighted by molar-refractivity contribution is 5.78. The second-order valence-corrected chi connectivity index (χ2v) is 6.90. The monoisotopic (exact) mass is 383 g/mol. The van der Waals surface area contributed by atoms with Crippen LogP contribution in [0.15, 0.2) is 36.8 Å². The van der Waals surface area contributed by atoms with E-state index in [0.717, 1.165) is 55.5 Å². The fourth-order valence-electron chi connectivity index (χ4n) is 3.44. The lowest BCUT2D eigenvalue weighted by molar-refractivity contribution is -0.122. The van der Waals surface area contributed by atoms with Gasteiger partial charge in [0, 0.05) is 45.1 Å². The number of hydrogen-bond donors (Lipinski definition) is 1. The van der Waals surface area contributed by atoms with E-state index in [0.29, 0.717) is 26.3 Å². The molecule has 8 heteroatoms. The molecule has 0 unspecified atom stereocenters. The largest absolute Gasteiger partial charge is 0.486 e. The van der Waals surface area contributed by atoms with Crippen LogP contribution in [0, 0.1) is 0 Å². The number of benzene rings is 1. The summed E-state index contributed by atoms with van der Waals surface area (Å²) in [7, 11) is 0. The Hall–Kier alpha value is -2.87. The van der Waals surface area contributed by atoms with Gasteiger partial charge >= 0.3 is 0 Å². The number of anilines is 1. The average molecular weight is 383 g/mol. The van der Waals surface area contributed by atoms with E-state index in [1.807, 2.05) is 18.2 Å². The number of amides is 1. The van der Waals surface area contributed by atoms with Gasteiger partial charge in [-0.3, -0.25) is 14.7 Å². The van der Waals surface area contributed by atoms with Gasteiger partial charge in [-0.1, -0.05) is 6.07 Å². The SMILES string of the molecule is O=C(CN1CCN(c2cnccn2)CC1)NCCc1ccc2c(c1)OCCO2. The Kier molecular flexibility index (Phi) is 5.86. The number of hydrogen-bond acceptors (Lipinski definition) is 7. The van der Waals surface area contributed by atoms with Gasteiger partial charge in [-0.05, 0) is 24.1 Å². The van der Waals surface area contributed by atoms with Crippen molar-refractivity contribution >= 4 is 11.7 Å². The van der Waals surface area contributed by atoms with Crippen molar-refractivity contribution in [2.24, 2.45) is 0 Å². The summed E-state index contributed by atoms with van der Waals surface area (Å²) in [5, 5.41) is 3.01. The van der Waals surface area contributed by atoms with Gasteiger partial charge in [0.05, 0.1) is 12.7 Å². The van der Waals surface area contributed by atoms with E-state index in [9.17, 15) is 4.79 Å². The lowest BCUT2D eigenvalue weighted by Crippen LogP contribution is -2.49. The van der Waals surface area contributed by atoms with Crippen LogP contribution in [-0.4, -0.2) is 73.3 Å². The number of aromatic nitrogens is 2. The second-order valence-electron chi connectivity index (χ2n) is 6.90. The smallest absolute Gasteiger partial charge is 0.234 e. The molecule has 1 N–H and O–H groups in total. The van der Waals surface area contributed by atoms with Crippen LogP contribution in [0.4, 0.5) is 5.82 Å². The number of carbonyl (C=O) groups excluding carboxylic acids is 1. The van der Waals surface area contributed by atoms with Crippen LogP contribution in [-0.2, 0) is 11.2 Å². The summed E-state index contributed by atoms with van der Waals surface area (Å²) in [6.07, 6.45) is 5.93. The van der Waals surface area contributed by atoms with E-state index in [1.54, 1.807) is 18.6 Å². The van der Waals surface area contributed by atoms with E-state index in [2.05, 4.69) is 25.1 Å². The quantitative estimate of drug-likeness (QED) is 0.788.